The molecule has 0 fully saturated rings. The highest BCUT2D eigenvalue weighted by Crippen LogP contribution is 2.07. The van der Waals surface area contributed by atoms with Gasteiger partial charge in [0.1, 0.15) is 0 Å². The van der Waals surface area contributed by atoms with Gasteiger partial charge in [-0.25, -0.2) is 19.2 Å². The summed E-state index contributed by atoms with van der Waals surface area (Å²) in [5, 5.41) is 32.6. The summed E-state index contributed by atoms with van der Waals surface area (Å²) in [6.07, 6.45) is 0. The van der Waals surface area contributed by atoms with Gasteiger partial charge in [0.25, 0.3) is 0 Å². The zero-order chi connectivity index (χ0) is 15.7. The largest absolute Gasteiger partial charge is 0.478 e. The molecule has 1 aromatic rings. The van der Waals surface area contributed by atoms with Gasteiger partial charge in [-0.15, -0.1) is 0 Å². The molecule has 0 atom stereocenters. The number of carboxylic acids is 4. The molecule has 0 aliphatic rings. The van der Waals surface area contributed by atoms with Crippen LogP contribution >= 0.6 is 0 Å². The lowest BCUT2D eigenvalue weighted by atomic mass is 10.1. The number of benzene rings is 1. The minimum atomic E-state index is -1.44. The second-order valence-corrected chi connectivity index (χ2v) is 3.02. The summed E-state index contributed by atoms with van der Waals surface area (Å²) in [7, 11) is 0. The predicted octanol–water partition coefficient (Wildman–Crippen LogP) is 0.242. The molecule has 0 spiro atoms. The molecule has 20 heavy (non-hydrogen) atoms. The minimum absolute atomic E-state index is 0.190. The first-order chi connectivity index (χ1) is 9.25. The first kappa shape index (κ1) is 16.7. The van der Waals surface area contributed by atoms with Crippen molar-refractivity contribution < 1.29 is 39.6 Å². The molecule has 4 N–H and O–H groups in total. The fourth-order valence-electron chi connectivity index (χ4n) is 0.963. The third kappa shape index (κ3) is 6.41. The van der Waals surface area contributed by atoms with Crippen molar-refractivity contribution in [2.45, 2.75) is 0 Å². The molecule has 1 rings (SSSR count). The van der Waals surface area contributed by atoms with Crippen LogP contribution in [0.3, 0.4) is 0 Å². The Balaban J connectivity index is 0.000000396. The molecule has 0 saturated carbocycles. The van der Waals surface area contributed by atoms with Gasteiger partial charge in [0.2, 0.25) is 0 Å². The average molecular weight is 280 g/mol. The number of carbonyl (C=O) groups is 4. The van der Waals surface area contributed by atoms with E-state index in [0.717, 1.165) is 0 Å². The predicted molar refractivity (Wildman–Crippen MR) is 63.4 cm³/mol. The molecular weight excluding hydrogens is 272 g/mol. The van der Waals surface area contributed by atoms with Crippen LogP contribution in [0.2, 0.25) is 0 Å². The Kier molecular flexibility index (Phi) is 6.57. The van der Waals surface area contributed by atoms with Gasteiger partial charge in [-0.3, -0.25) is 0 Å². The summed E-state index contributed by atoms with van der Waals surface area (Å²) in [4.78, 5) is 39.9. The molecular formula is C12H8O8. The van der Waals surface area contributed by atoms with Crippen molar-refractivity contribution in [3.63, 3.8) is 0 Å². The van der Waals surface area contributed by atoms with E-state index in [1.165, 1.54) is 36.1 Å². The number of hydrogen-bond acceptors (Lipinski definition) is 4. The topological polar surface area (TPSA) is 149 Å². The van der Waals surface area contributed by atoms with Crippen LogP contribution in [0.15, 0.2) is 24.3 Å². The summed E-state index contributed by atoms with van der Waals surface area (Å²) < 4.78 is 0. The molecule has 8 nitrogen and oxygen atoms in total. The molecule has 1 aromatic carbocycles. The van der Waals surface area contributed by atoms with E-state index in [1.54, 1.807) is 0 Å². The van der Waals surface area contributed by atoms with E-state index in [-0.39, 0.29) is 11.1 Å². The van der Waals surface area contributed by atoms with Crippen molar-refractivity contribution in [3.05, 3.63) is 35.4 Å². The van der Waals surface area contributed by atoms with Crippen LogP contribution in [0.1, 0.15) is 20.7 Å². The van der Waals surface area contributed by atoms with Gasteiger partial charge < -0.3 is 20.4 Å². The Labute approximate surface area is 111 Å². The van der Waals surface area contributed by atoms with E-state index in [4.69, 9.17) is 20.4 Å². The molecule has 0 aromatic heterocycles. The molecule has 8 heteroatoms. The van der Waals surface area contributed by atoms with Crippen molar-refractivity contribution in [1.29, 1.82) is 0 Å². The Hall–Kier alpha value is -3.34. The monoisotopic (exact) mass is 280 g/mol. The van der Waals surface area contributed by atoms with E-state index >= 15 is 0 Å². The lowest BCUT2D eigenvalue weighted by Crippen LogP contribution is -2.06. The maximum Gasteiger partial charge on any atom is 0.382 e. The van der Waals surface area contributed by atoms with Gasteiger partial charge >= 0.3 is 23.9 Å². The zero-order valence-corrected chi connectivity index (χ0v) is 9.73. The van der Waals surface area contributed by atoms with Crippen LogP contribution in [-0.2, 0) is 9.59 Å². The number of hydrogen-bond donors (Lipinski definition) is 4. The summed E-state index contributed by atoms with van der Waals surface area (Å²) in [6.45, 7) is 0. The Morgan fingerprint density at radius 2 is 1.00 bits per heavy atom. The Morgan fingerprint density at radius 3 is 1.20 bits per heavy atom. The number of aromatic carboxylic acids is 2. The van der Waals surface area contributed by atoms with Gasteiger partial charge in [0.15, 0.2) is 0 Å². The van der Waals surface area contributed by atoms with Crippen LogP contribution in [0.4, 0.5) is 0 Å². The number of rotatable bonds is 2. The van der Waals surface area contributed by atoms with Crippen LogP contribution in [0, 0.1) is 11.8 Å². The van der Waals surface area contributed by atoms with Crippen LogP contribution < -0.4 is 0 Å². The van der Waals surface area contributed by atoms with Gasteiger partial charge in [0.05, 0.1) is 11.1 Å². The van der Waals surface area contributed by atoms with E-state index in [1.807, 2.05) is 0 Å². The first-order valence-electron chi connectivity index (χ1n) is 4.79. The third-order valence-corrected chi connectivity index (χ3v) is 1.66. The van der Waals surface area contributed by atoms with Gasteiger partial charge in [0, 0.05) is 11.8 Å². The van der Waals surface area contributed by atoms with E-state index < -0.39 is 23.9 Å². The number of aliphatic carboxylic acids is 2. The first-order valence-corrected chi connectivity index (χ1v) is 4.79. The molecule has 0 unspecified atom stereocenters. The lowest BCUT2D eigenvalue weighted by molar-refractivity contribution is -0.132. The van der Waals surface area contributed by atoms with E-state index in [2.05, 4.69) is 0 Å². The van der Waals surface area contributed by atoms with Gasteiger partial charge in [-0.05, 0) is 12.1 Å². The summed E-state index contributed by atoms with van der Waals surface area (Å²) in [5.74, 6) is -2.51. The minimum Gasteiger partial charge on any atom is -0.478 e. The highest BCUT2D eigenvalue weighted by Gasteiger charge is 2.13. The highest BCUT2D eigenvalue weighted by molar-refractivity contribution is 6.01. The summed E-state index contributed by atoms with van der Waals surface area (Å²) in [6, 6.07) is 5.48. The normalized spacial score (nSPS) is 8.20. The molecule has 104 valence electrons. The fourth-order valence-corrected chi connectivity index (χ4v) is 0.963. The van der Waals surface area contributed by atoms with Gasteiger partial charge in [-0.1, -0.05) is 12.1 Å². The van der Waals surface area contributed by atoms with Crippen molar-refractivity contribution in [1.82, 2.24) is 0 Å². The molecule has 0 saturated heterocycles. The average Bonchev–Trinajstić information content (AvgIpc) is 2.37. The second kappa shape index (κ2) is 7.88. The number of carboxylic acid groups (broad SMARTS) is 4. The Morgan fingerprint density at radius 1 is 0.700 bits per heavy atom. The SMILES string of the molecule is O=C(O)C#CC(=O)O.O=C(O)c1ccccc1C(=O)O. The van der Waals surface area contributed by atoms with E-state index in [9.17, 15) is 19.2 Å². The third-order valence-electron chi connectivity index (χ3n) is 1.66. The molecule has 0 aliphatic carbocycles. The summed E-state index contributed by atoms with van der Waals surface area (Å²) >= 11 is 0. The second-order valence-electron chi connectivity index (χ2n) is 3.02. The maximum atomic E-state index is 10.5. The van der Waals surface area contributed by atoms with Crippen LogP contribution in [-0.4, -0.2) is 44.3 Å². The highest BCUT2D eigenvalue weighted by atomic mass is 16.4. The molecule has 0 amide bonds. The molecule has 0 heterocycles. The molecule has 0 bridgehead atoms. The van der Waals surface area contributed by atoms with Crippen molar-refractivity contribution >= 4 is 23.9 Å². The van der Waals surface area contributed by atoms with Crippen LogP contribution in [0.25, 0.3) is 0 Å². The standard InChI is InChI=1S/C8H6O4.C4H2O4/c9-7(10)5-3-1-2-4-6(5)8(11)12;5-3(6)1-2-4(7)8/h1-4H,(H,9,10)(H,11,12);(H,5,6)(H,7,8). The zero-order valence-electron chi connectivity index (χ0n) is 9.73. The van der Waals surface area contributed by atoms with E-state index in [0.29, 0.717) is 0 Å². The van der Waals surface area contributed by atoms with Crippen molar-refractivity contribution in [2.75, 3.05) is 0 Å². The summed E-state index contributed by atoms with van der Waals surface area (Å²) in [5.41, 5.74) is -0.380. The molecule has 0 aliphatic heterocycles. The Bertz CT molecular complexity index is 554. The van der Waals surface area contributed by atoms with Crippen molar-refractivity contribution in [2.24, 2.45) is 0 Å². The quantitative estimate of drug-likeness (QED) is 0.563. The fraction of sp³-hybridized carbons (Fsp3) is 0. The maximum absolute atomic E-state index is 10.5. The van der Waals surface area contributed by atoms with Crippen molar-refractivity contribution in [3.8, 4) is 11.8 Å². The smallest absolute Gasteiger partial charge is 0.382 e. The lowest BCUT2D eigenvalue weighted by Gasteiger charge is -1.98. The van der Waals surface area contributed by atoms with Gasteiger partial charge in [-0.2, -0.15) is 0 Å². The van der Waals surface area contributed by atoms with Crippen LogP contribution in [0.5, 0.6) is 0 Å². The molecule has 0 radical (unpaired) electrons.